The van der Waals surface area contributed by atoms with Crippen LogP contribution >= 0.6 is 0 Å². The topological polar surface area (TPSA) is 41.6 Å². The summed E-state index contributed by atoms with van der Waals surface area (Å²) in [7, 11) is 1.63. The summed E-state index contributed by atoms with van der Waals surface area (Å²) < 4.78 is 5.31. The standard InChI is InChI=1S/C22H24N2O2/c1-26-21-7-3-2-5-17(21)9-11-22(25)23-18-10-8-16-12-14-24-13-4-6-20(24)19(16)15-18/h2-3,5,7-11,15,20H,4,6,12-14H2,1H3,(H,23,25)/b11-9+. The lowest BCUT2D eigenvalue weighted by Crippen LogP contribution is -2.30. The monoisotopic (exact) mass is 348 g/mol. The summed E-state index contributed by atoms with van der Waals surface area (Å²) in [6.45, 7) is 2.35. The smallest absolute Gasteiger partial charge is 0.248 e. The van der Waals surface area contributed by atoms with Crippen molar-refractivity contribution in [1.82, 2.24) is 4.90 Å². The summed E-state index contributed by atoms with van der Waals surface area (Å²) in [6, 6.07) is 14.5. The number of rotatable bonds is 4. The fraction of sp³-hybridized carbons (Fsp3) is 0.318. The van der Waals surface area contributed by atoms with Crippen LogP contribution in [0.25, 0.3) is 6.08 Å². The second-order valence-electron chi connectivity index (χ2n) is 6.92. The van der Waals surface area contributed by atoms with Crippen molar-refractivity contribution >= 4 is 17.7 Å². The highest BCUT2D eigenvalue weighted by molar-refractivity contribution is 6.02. The van der Waals surface area contributed by atoms with Crippen molar-refractivity contribution in [1.29, 1.82) is 0 Å². The van der Waals surface area contributed by atoms with Crippen LogP contribution in [0.5, 0.6) is 5.75 Å². The Morgan fingerprint density at radius 1 is 1.23 bits per heavy atom. The first-order valence-electron chi connectivity index (χ1n) is 9.23. The molecule has 26 heavy (non-hydrogen) atoms. The van der Waals surface area contributed by atoms with Gasteiger partial charge in [-0.2, -0.15) is 0 Å². The first-order chi connectivity index (χ1) is 12.7. The Labute approximate surface area is 154 Å². The largest absolute Gasteiger partial charge is 0.496 e. The van der Waals surface area contributed by atoms with Gasteiger partial charge in [0, 0.05) is 29.9 Å². The van der Waals surface area contributed by atoms with Gasteiger partial charge in [-0.1, -0.05) is 24.3 Å². The van der Waals surface area contributed by atoms with E-state index >= 15 is 0 Å². The van der Waals surface area contributed by atoms with E-state index in [1.165, 1.54) is 30.5 Å². The molecule has 2 heterocycles. The summed E-state index contributed by atoms with van der Waals surface area (Å²) in [4.78, 5) is 14.9. The van der Waals surface area contributed by atoms with Crippen LogP contribution in [-0.2, 0) is 11.2 Å². The molecule has 2 aliphatic rings. The van der Waals surface area contributed by atoms with Gasteiger partial charge in [0.05, 0.1) is 7.11 Å². The Morgan fingerprint density at radius 2 is 2.12 bits per heavy atom. The van der Waals surface area contributed by atoms with Gasteiger partial charge in [-0.3, -0.25) is 9.69 Å². The van der Waals surface area contributed by atoms with Gasteiger partial charge in [-0.25, -0.2) is 0 Å². The number of carbonyl (C=O) groups excluding carboxylic acids is 1. The molecule has 2 aromatic rings. The third-order valence-electron chi connectivity index (χ3n) is 5.36. The van der Waals surface area contributed by atoms with Crippen LogP contribution in [0.2, 0.25) is 0 Å². The van der Waals surface area contributed by atoms with Gasteiger partial charge < -0.3 is 10.1 Å². The number of ether oxygens (including phenoxy) is 1. The Kier molecular flexibility index (Phi) is 4.76. The molecular formula is C22H24N2O2. The molecule has 0 bridgehead atoms. The molecule has 1 amide bonds. The quantitative estimate of drug-likeness (QED) is 0.848. The summed E-state index contributed by atoms with van der Waals surface area (Å²) in [5, 5.41) is 2.99. The highest BCUT2D eigenvalue weighted by Gasteiger charge is 2.31. The summed E-state index contributed by atoms with van der Waals surface area (Å²) in [5.41, 5.74) is 4.57. The Hall–Kier alpha value is -2.59. The van der Waals surface area contributed by atoms with E-state index in [2.05, 4.69) is 22.3 Å². The number of methoxy groups -OCH3 is 1. The predicted octanol–water partition coefficient (Wildman–Crippen LogP) is 4.04. The van der Waals surface area contributed by atoms with E-state index in [9.17, 15) is 4.79 Å². The molecule has 2 aliphatic heterocycles. The number of hydrogen-bond acceptors (Lipinski definition) is 3. The van der Waals surface area contributed by atoms with Crippen LogP contribution in [0, 0.1) is 0 Å². The number of nitrogens with zero attached hydrogens (tertiary/aromatic N) is 1. The van der Waals surface area contributed by atoms with Crippen LogP contribution in [0.15, 0.2) is 48.5 Å². The molecule has 1 unspecified atom stereocenters. The van der Waals surface area contributed by atoms with E-state index in [-0.39, 0.29) is 5.91 Å². The molecule has 1 saturated heterocycles. The number of carbonyl (C=O) groups is 1. The van der Waals surface area contributed by atoms with Crippen LogP contribution in [0.1, 0.15) is 35.6 Å². The van der Waals surface area contributed by atoms with Crippen molar-refractivity contribution in [3.63, 3.8) is 0 Å². The SMILES string of the molecule is COc1ccccc1/C=C/C(=O)Nc1ccc2c(c1)C1CCCN1CC2. The highest BCUT2D eigenvalue weighted by atomic mass is 16.5. The summed E-state index contributed by atoms with van der Waals surface area (Å²) in [6.07, 6.45) is 6.93. The van der Waals surface area contributed by atoms with E-state index in [0.29, 0.717) is 6.04 Å². The molecule has 1 atom stereocenters. The van der Waals surface area contributed by atoms with Crippen LogP contribution < -0.4 is 10.1 Å². The van der Waals surface area contributed by atoms with Crippen molar-refractivity contribution in [2.75, 3.05) is 25.5 Å². The zero-order chi connectivity index (χ0) is 17.9. The van der Waals surface area contributed by atoms with Gasteiger partial charge in [0.1, 0.15) is 5.75 Å². The van der Waals surface area contributed by atoms with Gasteiger partial charge >= 0.3 is 0 Å². The second-order valence-corrected chi connectivity index (χ2v) is 6.92. The normalized spacial score (nSPS) is 19.2. The zero-order valence-corrected chi connectivity index (χ0v) is 15.1. The maximum absolute atomic E-state index is 12.3. The van der Waals surface area contributed by atoms with Crippen molar-refractivity contribution in [2.24, 2.45) is 0 Å². The first-order valence-corrected chi connectivity index (χ1v) is 9.23. The minimum absolute atomic E-state index is 0.130. The number of benzene rings is 2. The fourth-order valence-corrected chi connectivity index (χ4v) is 4.07. The molecule has 2 aromatic carbocycles. The van der Waals surface area contributed by atoms with E-state index in [1.54, 1.807) is 19.3 Å². The van der Waals surface area contributed by atoms with Gasteiger partial charge in [-0.05, 0) is 61.2 Å². The molecule has 0 spiro atoms. The van der Waals surface area contributed by atoms with Crippen molar-refractivity contribution < 1.29 is 9.53 Å². The minimum Gasteiger partial charge on any atom is -0.496 e. The molecule has 4 heteroatoms. The molecular weight excluding hydrogens is 324 g/mol. The van der Waals surface area contributed by atoms with E-state index in [1.807, 2.05) is 30.3 Å². The highest BCUT2D eigenvalue weighted by Crippen LogP contribution is 2.38. The zero-order valence-electron chi connectivity index (χ0n) is 15.1. The summed E-state index contributed by atoms with van der Waals surface area (Å²) >= 11 is 0. The van der Waals surface area contributed by atoms with Crippen LogP contribution in [0.3, 0.4) is 0 Å². The van der Waals surface area contributed by atoms with Crippen LogP contribution in [0.4, 0.5) is 5.69 Å². The molecule has 1 fully saturated rings. The third-order valence-corrected chi connectivity index (χ3v) is 5.36. The molecule has 1 N–H and O–H groups in total. The number of fused-ring (bicyclic) bond motifs is 3. The number of nitrogens with one attached hydrogen (secondary N) is 1. The van der Waals surface area contributed by atoms with Gasteiger partial charge in [-0.15, -0.1) is 0 Å². The third kappa shape index (κ3) is 3.37. The molecule has 0 aliphatic carbocycles. The van der Waals surface area contributed by atoms with Crippen LogP contribution in [-0.4, -0.2) is 31.0 Å². The molecule has 134 valence electrons. The molecule has 4 rings (SSSR count). The molecule has 0 aromatic heterocycles. The average Bonchev–Trinajstić information content (AvgIpc) is 3.16. The molecule has 0 saturated carbocycles. The number of para-hydroxylation sites is 1. The second kappa shape index (κ2) is 7.34. The molecule has 4 nitrogen and oxygen atoms in total. The van der Waals surface area contributed by atoms with E-state index in [4.69, 9.17) is 4.74 Å². The average molecular weight is 348 g/mol. The lowest BCUT2D eigenvalue weighted by molar-refractivity contribution is -0.111. The number of anilines is 1. The van der Waals surface area contributed by atoms with E-state index in [0.717, 1.165) is 30.0 Å². The summed E-state index contributed by atoms with van der Waals surface area (Å²) in [5.74, 6) is 0.626. The Bertz CT molecular complexity index is 844. The maximum Gasteiger partial charge on any atom is 0.248 e. The lowest BCUT2D eigenvalue weighted by Gasteiger charge is -2.32. The fourth-order valence-electron chi connectivity index (χ4n) is 4.07. The van der Waals surface area contributed by atoms with Crippen molar-refractivity contribution in [3.05, 3.63) is 65.2 Å². The van der Waals surface area contributed by atoms with Crippen molar-refractivity contribution in [3.8, 4) is 5.75 Å². The first kappa shape index (κ1) is 16.9. The number of amides is 1. The minimum atomic E-state index is -0.130. The predicted molar refractivity (Wildman–Crippen MR) is 104 cm³/mol. The van der Waals surface area contributed by atoms with Gasteiger partial charge in [0.2, 0.25) is 5.91 Å². The van der Waals surface area contributed by atoms with Crippen molar-refractivity contribution in [2.45, 2.75) is 25.3 Å². The lowest BCUT2D eigenvalue weighted by atomic mass is 9.92. The van der Waals surface area contributed by atoms with E-state index < -0.39 is 0 Å². The molecule has 0 radical (unpaired) electrons. The number of hydrogen-bond donors (Lipinski definition) is 1. The maximum atomic E-state index is 12.3. The van der Waals surface area contributed by atoms with Gasteiger partial charge in [0.25, 0.3) is 0 Å². The Balaban J connectivity index is 1.48. The Morgan fingerprint density at radius 3 is 3.00 bits per heavy atom. The van der Waals surface area contributed by atoms with Gasteiger partial charge in [0.15, 0.2) is 0 Å².